The molecular formula is C15H20N2O2. The summed E-state index contributed by atoms with van der Waals surface area (Å²) in [7, 11) is 0. The van der Waals surface area contributed by atoms with Crippen molar-refractivity contribution in [1.82, 2.24) is 0 Å². The lowest BCUT2D eigenvalue weighted by molar-refractivity contribution is -0.119. The number of benzene rings is 1. The summed E-state index contributed by atoms with van der Waals surface area (Å²) in [6.07, 6.45) is 2.43. The number of anilines is 2. The second-order valence-electron chi connectivity index (χ2n) is 5.49. The van der Waals surface area contributed by atoms with Crippen molar-refractivity contribution in [3.8, 4) is 0 Å². The minimum atomic E-state index is -0.542. The van der Waals surface area contributed by atoms with Crippen LogP contribution in [0.15, 0.2) is 18.2 Å². The maximum Gasteiger partial charge on any atom is 0.234 e. The number of unbranched alkanes of at least 4 members (excludes halogenated alkanes) is 1. The van der Waals surface area contributed by atoms with Crippen molar-refractivity contribution in [2.24, 2.45) is 0 Å². The average molecular weight is 260 g/mol. The van der Waals surface area contributed by atoms with Gasteiger partial charge in [-0.3, -0.25) is 9.59 Å². The van der Waals surface area contributed by atoms with Crippen LogP contribution in [0.3, 0.4) is 0 Å². The molecule has 102 valence electrons. The topological polar surface area (TPSA) is 58.2 Å². The molecule has 0 fully saturated rings. The molecule has 4 heteroatoms. The smallest absolute Gasteiger partial charge is 0.234 e. The standard InChI is InChI=1S/C15H20N2O2/c1-4-5-6-13(18)16-10-7-8-12-11(9-10)15(2,3)14(19)17-12/h7-9H,4-6H2,1-3H3,(H,16,18)(H,17,19). The van der Waals surface area contributed by atoms with Gasteiger partial charge < -0.3 is 10.6 Å². The first kappa shape index (κ1) is 13.6. The van der Waals surface area contributed by atoms with Gasteiger partial charge in [-0.2, -0.15) is 0 Å². The van der Waals surface area contributed by atoms with E-state index in [1.807, 2.05) is 32.0 Å². The van der Waals surface area contributed by atoms with Crippen molar-refractivity contribution in [2.45, 2.75) is 45.4 Å². The van der Waals surface area contributed by atoms with E-state index in [4.69, 9.17) is 0 Å². The summed E-state index contributed by atoms with van der Waals surface area (Å²) < 4.78 is 0. The molecule has 4 nitrogen and oxygen atoms in total. The zero-order valence-electron chi connectivity index (χ0n) is 11.7. The summed E-state index contributed by atoms with van der Waals surface area (Å²) in [5, 5.41) is 5.73. The van der Waals surface area contributed by atoms with E-state index in [-0.39, 0.29) is 11.8 Å². The van der Waals surface area contributed by atoms with E-state index < -0.39 is 5.41 Å². The molecule has 0 saturated carbocycles. The third kappa shape index (κ3) is 2.62. The van der Waals surface area contributed by atoms with Crippen LogP contribution in [-0.2, 0) is 15.0 Å². The molecule has 1 aromatic carbocycles. The lowest BCUT2D eigenvalue weighted by Crippen LogP contribution is -2.26. The zero-order valence-corrected chi connectivity index (χ0v) is 11.7. The van der Waals surface area contributed by atoms with Gasteiger partial charge >= 0.3 is 0 Å². The third-order valence-electron chi connectivity index (χ3n) is 3.55. The van der Waals surface area contributed by atoms with Crippen molar-refractivity contribution in [1.29, 1.82) is 0 Å². The highest BCUT2D eigenvalue weighted by atomic mass is 16.2. The van der Waals surface area contributed by atoms with E-state index in [9.17, 15) is 9.59 Å². The number of fused-ring (bicyclic) bond motifs is 1. The van der Waals surface area contributed by atoms with Gasteiger partial charge in [0, 0.05) is 17.8 Å². The van der Waals surface area contributed by atoms with Crippen LogP contribution in [0.4, 0.5) is 11.4 Å². The fourth-order valence-corrected chi connectivity index (χ4v) is 2.21. The normalized spacial score (nSPS) is 15.8. The van der Waals surface area contributed by atoms with E-state index >= 15 is 0 Å². The molecule has 0 aromatic heterocycles. The molecule has 0 radical (unpaired) electrons. The quantitative estimate of drug-likeness (QED) is 0.874. The summed E-state index contributed by atoms with van der Waals surface area (Å²) in [6, 6.07) is 5.55. The van der Waals surface area contributed by atoms with Crippen LogP contribution in [0.2, 0.25) is 0 Å². The Morgan fingerprint density at radius 1 is 1.37 bits per heavy atom. The summed E-state index contributed by atoms with van der Waals surface area (Å²) in [4.78, 5) is 23.5. The van der Waals surface area contributed by atoms with E-state index in [1.54, 1.807) is 0 Å². The van der Waals surface area contributed by atoms with E-state index in [1.165, 1.54) is 0 Å². The predicted octanol–water partition coefficient (Wildman–Crippen LogP) is 3.05. The Bertz CT molecular complexity index is 521. The Morgan fingerprint density at radius 3 is 2.79 bits per heavy atom. The van der Waals surface area contributed by atoms with Gasteiger partial charge in [0.2, 0.25) is 11.8 Å². The number of carbonyl (C=O) groups is 2. The molecule has 0 atom stereocenters. The summed E-state index contributed by atoms with van der Waals surface area (Å²) in [5.74, 6) is 0.0221. The molecule has 2 amide bonds. The maximum atomic E-state index is 11.8. The highest BCUT2D eigenvalue weighted by Gasteiger charge is 2.38. The fourth-order valence-electron chi connectivity index (χ4n) is 2.21. The summed E-state index contributed by atoms with van der Waals surface area (Å²) in [6.45, 7) is 5.83. The lowest BCUT2D eigenvalue weighted by atomic mass is 9.86. The van der Waals surface area contributed by atoms with Crippen LogP contribution in [-0.4, -0.2) is 11.8 Å². The highest BCUT2D eigenvalue weighted by Crippen LogP contribution is 2.38. The molecule has 1 aliphatic heterocycles. The highest BCUT2D eigenvalue weighted by molar-refractivity contribution is 6.06. The molecule has 1 aliphatic rings. The van der Waals surface area contributed by atoms with Crippen LogP contribution in [0, 0.1) is 0 Å². The number of carbonyl (C=O) groups excluding carboxylic acids is 2. The van der Waals surface area contributed by atoms with E-state index in [2.05, 4.69) is 17.6 Å². The summed E-state index contributed by atoms with van der Waals surface area (Å²) in [5.41, 5.74) is 1.98. The van der Waals surface area contributed by atoms with Crippen molar-refractivity contribution in [2.75, 3.05) is 10.6 Å². The predicted molar refractivity (Wildman–Crippen MR) is 76.3 cm³/mol. The molecule has 0 spiro atoms. The second-order valence-corrected chi connectivity index (χ2v) is 5.49. The Morgan fingerprint density at radius 2 is 2.11 bits per heavy atom. The number of rotatable bonds is 4. The van der Waals surface area contributed by atoms with Crippen LogP contribution in [0.1, 0.15) is 45.6 Å². The molecule has 0 bridgehead atoms. The van der Waals surface area contributed by atoms with Crippen LogP contribution in [0.5, 0.6) is 0 Å². The minimum absolute atomic E-state index is 0.00282. The van der Waals surface area contributed by atoms with Gasteiger partial charge in [0.05, 0.1) is 5.41 Å². The number of nitrogens with one attached hydrogen (secondary N) is 2. The van der Waals surface area contributed by atoms with Crippen molar-refractivity contribution in [3.05, 3.63) is 23.8 Å². The van der Waals surface area contributed by atoms with E-state index in [0.29, 0.717) is 6.42 Å². The monoisotopic (exact) mass is 260 g/mol. The average Bonchev–Trinajstić information content (AvgIpc) is 2.59. The molecule has 0 saturated heterocycles. The second kappa shape index (κ2) is 5.03. The molecule has 1 aromatic rings. The molecule has 2 rings (SSSR count). The van der Waals surface area contributed by atoms with Crippen LogP contribution >= 0.6 is 0 Å². The Hall–Kier alpha value is -1.84. The largest absolute Gasteiger partial charge is 0.326 e. The first-order valence-electron chi connectivity index (χ1n) is 6.71. The van der Waals surface area contributed by atoms with E-state index in [0.717, 1.165) is 29.8 Å². The Labute approximate surface area is 113 Å². The molecule has 0 unspecified atom stereocenters. The summed E-state index contributed by atoms with van der Waals surface area (Å²) >= 11 is 0. The lowest BCUT2D eigenvalue weighted by Gasteiger charge is -2.16. The Kier molecular flexibility index (Phi) is 3.60. The number of hydrogen-bond acceptors (Lipinski definition) is 2. The van der Waals surface area contributed by atoms with Crippen molar-refractivity contribution >= 4 is 23.2 Å². The van der Waals surface area contributed by atoms with Crippen molar-refractivity contribution < 1.29 is 9.59 Å². The van der Waals surface area contributed by atoms with Gasteiger partial charge in [-0.25, -0.2) is 0 Å². The fraction of sp³-hybridized carbons (Fsp3) is 0.467. The SMILES string of the molecule is CCCCC(=O)Nc1ccc2c(c1)C(C)(C)C(=O)N2. The van der Waals surface area contributed by atoms with Gasteiger partial charge in [-0.15, -0.1) is 0 Å². The van der Waals surface area contributed by atoms with Crippen molar-refractivity contribution in [3.63, 3.8) is 0 Å². The van der Waals surface area contributed by atoms with Crippen LogP contribution in [0.25, 0.3) is 0 Å². The van der Waals surface area contributed by atoms with Gasteiger partial charge in [-0.05, 0) is 44.0 Å². The zero-order chi connectivity index (χ0) is 14.0. The maximum absolute atomic E-state index is 11.8. The minimum Gasteiger partial charge on any atom is -0.326 e. The Balaban J connectivity index is 2.16. The number of amides is 2. The van der Waals surface area contributed by atoms with Crippen LogP contribution < -0.4 is 10.6 Å². The number of hydrogen-bond donors (Lipinski definition) is 2. The first-order chi connectivity index (χ1) is 8.95. The molecular weight excluding hydrogens is 240 g/mol. The van der Waals surface area contributed by atoms with Gasteiger partial charge in [0.1, 0.15) is 0 Å². The molecule has 19 heavy (non-hydrogen) atoms. The molecule has 0 aliphatic carbocycles. The van der Waals surface area contributed by atoms with Gasteiger partial charge in [0.25, 0.3) is 0 Å². The molecule has 2 N–H and O–H groups in total. The van der Waals surface area contributed by atoms with Gasteiger partial charge in [-0.1, -0.05) is 13.3 Å². The van der Waals surface area contributed by atoms with Gasteiger partial charge in [0.15, 0.2) is 0 Å². The first-order valence-corrected chi connectivity index (χ1v) is 6.71. The third-order valence-corrected chi connectivity index (χ3v) is 3.55. The molecule has 1 heterocycles.